The molecule has 10 heteroatoms. The van der Waals surface area contributed by atoms with E-state index in [1.165, 1.54) is 24.0 Å². The number of urea groups is 1. The van der Waals surface area contributed by atoms with Gasteiger partial charge in [0.25, 0.3) is 5.91 Å². The zero-order valence-corrected chi connectivity index (χ0v) is 16.7. The van der Waals surface area contributed by atoms with Crippen LogP contribution in [0.4, 0.5) is 4.79 Å². The lowest BCUT2D eigenvalue weighted by atomic mass is 10.1. The standard InChI is InChI=1S/C18H25N3O6S/c1-3-21(15-8-9-28(25,26)11-15)16(22)12(2)27-17(23)14-6-4-13(5-7-14)10-20-18(19)24/h4-7,12,15H,3,8-11H2,1-2H3,(H3,19,20,24). The summed E-state index contributed by atoms with van der Waals surface area (Å²) < 4.78 is 28.6. The highest BCUT2D eigenvalue weighted by Crippen LogP contribution is 2.19. The van der Waals surface area contributed by atoms with Crippen molar-refractivity contribution in [3.05, 3.63) is 35.4 Å². The fourth-order valence-corrected chi connectivity index (χ4v) is 4.81. The van der Waals surface area contributed by atoms with E-state index >= 15 is 0 Å². The van der Waals surface area contributed by atoms with Gasteiger partial charge < -0.3 is 20.7 Å². The Morgan fingerprint density at radius 3 is 2.43 bits per heavy atom. The highest BCUT2D eigenvalue weighted by atomic mass is 32.2. The Kier molecular flexibility index (Phi) is 7.00. The van der Waals surface area contributed by atoms with Crippen molar-refractivity contribution >= 4 is 27.7 Å². The van der Waals surface area contributed by atoms with Crippen molar-refractivity contribution in [2.45, 2.75) is 39.0 Å². The van der Waals surface area contributed by atoms with Crippen LogP contribution in [0.3, 0.4) is 0 Å². The summed E-state index contributed by atoms with van der Waals surface area (Å²) in [6.45, 7) is 3.80. The van der Waals surface area contributed by atoms with Crippen LogP contribution in [-0.2, 0) is 25.9 Å². The third-order valence-electron chi connectivity index (χ3n) is 4.56. The van der Waals surface area contributed by atoms with Crippen molar-refractivity contribution in [2.24, 2.45) is 5.73 Å². The minimum absolute atomic E-state index is 0.0615. The van der Waals surface area contributed by atoms with Crippen LogP contribution in [0, 0.1) is 0 Å². The van der Waals surface area contributed by atoms with Gasteiger partial charge in [0.15, 0.2) is 15.9 Å². The maximum absolute atomic E-state index is 12.6. The third kappa shape index (κ3) is 5.69. The SMILES string of the molecule is CCN(C(=O)C(C)OC(=O)c1ccc(CNC(N)=O)cc1)C1CCS(=O)(=O)C1. The first-order chi connectivity index (χ1) is 13.1. The summed E-state index contributed by atoms with van der Waals surface area (Å²) in [4.78, 5) is 37.1. The minimum Gasteiger partial charge on any atom is -0.449 e. The Bertz CT molecular complexity index is 837. The molecule has 0 aliphatic carbocycles. The van der Waals surface area contributed by atoms with Crippen LogP contribution in [0.2, 0.25) is 0 Å². The number of nitrogens with two attached hydrogens (primary N) is 1. The number of esters is 1. The topological polar surface area (TPSA) is 136 Å². The number of carbonyl (C=O) groups excluding carboxylic acids is 3. The zero-order chi connectivity index (χ0) is 20.9. The average Bonchev–Trinajstić information content (AvgIpc) is 3.00. The molecule has 1 fully saturated rings. The van der Waals surface area contributed by atoms with E-state index in [1.54, 1.807) is 19.1 Å². The molecular formula is C18H25N3O6S. The van der Waals surface area contributed by atoms with Gasteiger partial charge in [0.2, 0.25) is 0 Å². The molecule has 1 aromatic rings. The summed E-state index contributed by atoms with van der Waals surface area (Å²) in [5, 5.41) is 2.44. The van der Waals surface area contributed by atoms with E-state index in [0.717, 1.165) is 5.56 Å². The van der Waals surface area contributed by atoms with E-state index in [-0.39, 0.29) is 29.7 Å². The number of carbonyl (C=O) groups is 3. The summed E-state index contributed by atoms with van der Waals surface area (Å²) in [6, 6.07) is 5.30. The average molecular weight is 411 g/mol. The maximum atomic E-state index is 12.6. The van der Waals surface area contributed by atoms with Crippen molar-refractivity contribution in [2.75, 3.05) is 18.1 Å². The van der Waals surface area contributed by atoms with E-state index in [2.05, 4.69) is 5.32 Å². The number of benzene rings is 1. The third-order valence-corrected chi connectivity index (χ3v) is 6.31. The lowest BCUT2D eigenvalue weighted by Gasteiger charge is -2.29. The Labute approximate surface area is 164 Å². The van der Waals surface area contributed by atoms with Crippen LogP contribution in [0.5, 0.6) is 0 Å². The molecule has 1 aliphatic heterocycles. The number of hydrogen-bond donors (Lipinski definition) is 2. The van der Waals surface area contributed by atoms with Crippen LogP contribution in [0.25, 0.3) is 0 Å². The molecule has 0 aromatic heterocycles. The number of amides is 3. The van der Waals surface area contributed by atoms with Crippen LogP contribution < -0.4 is 11.1 Å². The van der Waals surface area contributed by atoms with Gasteiger partial charge in [0, 0.05) is 19.1 Å². The summed E-state index contributed by atoms with van der Waals surface area (Å²) in [7, 11) is -3.13. The van der Waals surface area contributed by atoms with Gasteiger partial charge in [-0.25, -0.2) is 18.0 Å². The Hall–Kier alpha value is -2.62. The smallest absolute Gasteiger partial charge is 0.338 e. The molecule has 0 radical (unpaired) electrons. The largest absolute Gasteiger partial charge is 0.449 e. The monoisotopic (exact) mass is 411 g/mol. The summed E-state index contributed by atoms with van der Waals surface area (Å²) in [5.41, 5.74) is 6.01. The molecule has 9 nitrogen and oxygen atoms in total. The quantitative estimate of drug-likeness (QED) is 0.625. The molecule has 2 unspecified atom stereocenters. The van der Waals surface area contributed by atoms with Gasteiger partial charge in [-0.2, -0.15) is 0 Å². The van der Waals surface area contributed by atoms with Crippen LogP contribution >= 0.6 is 0 Å². The molecule has 0 spiro atoms. The number of nitrogens with one attached hydrogen (secondary N) is 1. The molecule has 1 aliphatic rings. The van der Waals surface area contributed by atoms with Gasteiger partial charge in [0.05, 0.1) is 17.1 Å². The first-order valence-corrected chi connectivity index (χ1v) is 10.8. The van der Waals surface area contributed by atoms with E-state index in [4.69, 9.17) is 10.5 Å². The molecular weight excluding hydrogens is 386 g/mol. The fourth-order valence-electron chi connectivity index (χ4n) is 3.08. The van der Waals surface area contributed by atoms with Crippen LogP contribution in [0.15, 0.2) is 24.3 Å². The van der Waals surface area contributed by atoms with Gasteiger partial charge >= 0.3 is 12.0 Å². The second kappa shape index (κ2) is 9.05. The van der Waals surface area contributed by atoms with Gasteiger partial charge in [-0.3, -0.25) is 4.79 Å². The van der Waals surface area contributed by atoms with Gasteiger partial charge in [-0.05, 0) is 38.0 Å². The van der Waals surface area contributed by atoms with Gasteiger partial charge in [-0.1, -0.05) is 12.1 Å². The first-order valence-electron chi connectivity index (χ1n) is 8.97. The van der Waals surface area contributed by atoms with Crippen molar-refractivity contribution in [1.82, 2.24) is 10.2 Å². The minimum atomic E-state index is -3.13. The number of hydrogen-bond acceptors (Lipinski definition) is 6. The number of ether oxygens (including phenoxy) is 1. The molecule has 1 heterocycles. The lowest BCUT2D eigenvalue weighted by Crippen LogP contribution is -2.46. The summed E-state index contributed by atoms with van der Waals surface area (Å²) in [6.07, 6.45) is -0.643. The van der Waals surface area contributed by atoms with E-state index in [0.29, 0.717) is 13.0 Å². The summed E-state index contributed by atoms with van der Waals surface area (Å²) in [5.74, 6) is -1.08. The van der Waals surface area contributed by atoms with Gasteiger partial charge in [0.1, 0.15) is 0 Å². The number of likely N-dealkylation sites (N-methyl/N-ethyl adjacent to an activating group) is 1. The van der Waals surface area contributed by atoms with Crippen molar-refractivity contribution in [3.8, 4) is 0 Å². The van der Waals surface area contributed by atoms with Crippen molar-refractivity contribution in [3.63, 3.8) is 0 Å². The van der Waals surface area contributed by atoms with Crippen molar-refractivity contribution in [1.29, 1.82) is 0 Å². The molecule has 3 N–H and O–H groups in total. The normalized spacial score (nSPS) is 18.9. The number of nitrogens with zero attached hydrogens (tertiary/aromatic N) is 1. The molecule has 0 saturated carbocycles. The van der Waals surface area contributed by atoms with E-state index in [9.17, 15) is 22.8 Å². The molecule has 1 aromatic carbocycles. The van der Waals surface area contributed by atoms with Crippen molar-refractivity contribution < 1.29 is 27.5 Å². The maximum Gasteiger partial charge on any atom is 0.338 e. The fraction of sp³-hybridized carbons (Fsp3) is 0.500. The lowest BCUT2D eigenvalue weighted by molar-refractivity contribution is -0.141. The predicted octanol–water partition coefficient (Wildman–Crippen LogP) is 0.436. The number of sulfone groups is 1. The highest BCUT2D eigenvalue weighted by Gasteiger charge is 2.36. The number of primary amides is 1. The second-order valence-electron chi connectivity index (χ2n) is 6.64. The Morgan fingerprint density at radius 2 is 1.93 bits per heavy atom. The molecule has 2 atom stereocenters. The Morgan fingerprint density at radius 1 is 1.29 bits per heavy atom. The van der Waals surface area contributed by atoms with Gasteiger partial charge in [-0.15, -0.1) is 0 Å². The molecule has 3 amide bonds. The Balaban J connectivity index is 1.96. The van der Waals surface area contributed by atoms with Crippen LogP contribution in [-0.4, -0.2) is 61.4 Å². The van der Waals surface area contributed by atoms with Crippen LogP contribution in [0.1, 0.15) is 36.2 Å². The molecule has 2 rings (SSSR count). The highest BCUT2D eigenvalue weighted by molar-refractivity contribution is 7.91. The predicted molar refractivity (Wildman–Crippen MR) is 102 cm³/mol. The van der Waals surface area contributed by atoms with E-state index < -0.39 is 33.8 Å². The summed E-state index contributed by atoms with van der Waals surface area (Å²) >= 11 is 0. The molecule has 154 valence electrons. The second-order valence-corrected chi connectivity index (χ2v) is 8.87. The first kappa shape index (κ1) is 21.7. The van der Waals surface area contributed by atoms with E-state index in [1.807, 2.05) is 0 Å². The number of rotatable bonds is 7. The molecule has 28 heavy (non-hydrogen) atoms. The molecule has 1 saturated heterocycles. The molecule has 0 bridgehead atoms. The zero-order valence-electron chi connectivity index (χ0n) is 15.9.